The van der Waals surface area contributed by atoms with Gasteiger partial charge in [-0.1, -0.05) is 23.9 Å². The SMILES string of the molecule is CCn1c(SCC(=O)Nc2ccccc2O)nnc1C1CC1. The first kappa shape index (κ1) is 14.9. The lowest BCUT2D eigenvalue weighted by Crippen LogP contribution is -2.14. The van der Waals surface area contributed by atoms with Gasteiger partial charge in [0.2, 0.25) is 5.91 Å². The normalized spacial score (nSPS) is 14.0. The fourth-order valence-electron chi connectivity index (χ4n) is 2.24. The molecule has 1 aromatic heterocycles. The van der Waals surface area contributed by atoms with Crippen LogP contribution in [0.4, 0.5) is 5.69 Å². The first-order valence-electron chi connectivity index (χ1n) is 7.32. The van der Waals surface area contributed by atoms with Crippen molar-refractivity contribution in [1.29, 1.82) is 0 Å². The van der Waals surface area contributed by atoms with Crippen LogP contribution >= 0.6 is 11.8 Å². The van der Waals surface area contributed by atoms with Gasteiger partial charge >= 0.3 is 0 Å². The van der Waals surface area contributed by atoms with Crippen molar-refractivity contribution in [2.45, 2.75) is 37.4 Å². The Hall–Kier alpha value is -2.02. The van der Waals surface area contributed by atoms with Crippen LogP contribution in [0.3, 0.4) is 0 Å². The first-order chi connectivity index (χ1) is 10.7. The molecular formula is C15H18N4O2S. The molecule has 1 aliphatic rings. The highest BCUT2D eigenvalue weighted by Gasteiger charge is 2.30. The van der Waals surface area contributed by atoms with Gasteiger partial charge in [-0.25, -0.2) is 0 Å². The number of rotatable bonds is 6. The van der Waals surface area contributed by atoms with E-state index < -0.39 is 0 Å². The van der Waals surface area contributed by atoms with Crippen LogP contribution in [0.5, 0.6) is 5.75 Å². The molecule has 0 unspecified atom stereocenters. The van der Waals surface area contributed by atoms with Crippen LogP contribution < -0.4 is 5.32 Å². The molecule has 0 radical (unpaired) electrons. The minimum Gasteiger partial charge on any atom is -0.506 e. The third-order valence-electron chi connectivity index (χ3n) is 3.51. The summed E-state index contributed by atoms with van der Waals surface area (Å²) in [5.41, 5.74) is 0.420. The maximum atomic E-state index is 12.0. The number of phenolic OH excluding ortho intramolecular Hbond substituents is 1. The quantitative estimate of drug-likeness (QED) is 0.632. The van der Waals surface area contributed by atoms with Crippen LogP contribution in [0.1, 0.15) is 31.5 Å². The highest BCUT2D eigenvalue weighted by atomic mass is 32.2. The van der Waals surface area contributed by atoms with Gasteiger partial charge in [-0.15, -0.1) is 10.2 Å². The molecule has 1 aromatic carbocycles. The number of aromatic hydroxyl groups is 1. The molecule has 2 N–H and O–H groups in total. The Labute approximate surface area is 132 Å². The van der Waals surface area contributed by atoms with E-state index in [2.05, 4.69) is 27.0 Å². The second-order valence-electron chi connectivity index (χ2n) is 5.21. The maximum Gasteiger partial charge on any atom is 0.234 e. The lowest BCUT2D eigenvalue weighted by molar-refractivity contribution is -0.113. The Morgan fingerprint density at radius 3 is 2.86 bits per heavy atom. The minimum absolute atomic E-state index is 0.0635. The molecule has 1 amide bonds. The minimum atomic E-state index is -0.176. The molecule has 3 rings (SSSR count). The number of para-hydroxylation sites is 2. The zero-order valence-electron chi connectivity index (χ0n) is 12.3. The Bertz CT molecular complexity index is 682. The van der Waals surface area contributed by atoms with E-state index in [1.165, 1.54) is 24.6 Å². The predicted octanol–water partition coefficient (Wildman–Crippen LogP) is 2.61. The number of hydrogen-bond acceptors (Lipinski definition) is 5. The molecule has 1 fully saturated rings. The molecule has 0 spiro atoms. The first-order valence-corrected chi connectivity index (χ1v) is 8.31. The molecule has 0 aliphatic heterocycles. The van der Waals surface area contributed by atoms with Crippen LogP contribution in [-0.4, -0.2) is 31.5 Å². The Kier molecular flexibility index (Phi) is 4.33. The molecule has 0 saturated heterocycles. The number of benzene rings is 1. The average Bonchev–Trinajstić information content (AvgIpc) is 3.27. The van der Waals surface area contributed by atoms with Crippen molar-refractivity contribution < 1.29 is 9.90 Å². The second kappa shape index (κ2) is 6.39. The Balaban J connectivity index is 1.60. The second-order valence-corrected chi connectivity index (χ2v) is 6.16. The summed E-state index contributed by atoms with van der Waals surface area (Å²) in [4.78, 5) is 12.0. The number of anilines is 1. The van der Waals surface area contributed by atoms with Crippen molar-refractivity contribution >= 4 is 23.4 Å². The van der Waals surface area contributed by atoms with Gasteiger partial charge in [-0.05, 0) is 31.9 Å². The van der Waals surface area contributed by atoms with Crippen molar-refractivity contribution in [3.63, 3.8) is 0 Å². The number of carbonyl (C=O) groups excluding carboxylic acids is 1. The third kappa shape index (κ3) is 3.24. The molecule has 1 saturated carbocycles. The number of aromatic nitrogens is 3. The highest BCUT2D eigenvalue weighted by Crippen LogP contribution is 2.39. The van der Waals surface area contributed by atoms with Gasteiger partial charge in [-0.3, -0.25) is 4.79 Å². The number of carbonyl (C=O) groups is 1. The molecule has 22 heavy (non-hydrogen) atoms. The molecule has 1 heterocycles. The van der Waals surface area contributed by atoms with Crippen LogP contribution in [0.15, 0.2) is 29.4 Å². The van der Waals surface area contributed by atoms with E-state index in [1.807, 2.05) is 0 Å². The lowest BCUT2D eigenvalue weighted by atomic mass is 10.3. The number of hydrogen-bond donors (Lipinski definition) is 2. The summed E-state index contributed by atoms with van der Waals surface area (Å²) < 4.78 is 2.08. The van der Waals surface area contributed by atoms with E-state index in [-0.39, 0.29) is 17.4 Å². The van der Waals surface area contributed by atoms with E-state index in [9.17, 15) is 9.90 Å². The summed E-state index contributed by atoms with van der Waals surface area (Å²) in [5, 5.41) is 21.6. The third-order valence-corrected chi connectivity index (χ3v) is 4.48. The Morgan fingerprint density at radius 1 is 1.41 bits per heavy atom. The smallest absolute Gasteiger partial charge is 0.234 e. The molecule has 0 bridgehead atoms. The fraction of sp³-hybridized carbons (Fsp3) is 0.400. The van der Waals surface area contributed by atoms with Crippen molar-refractivity contribution in [1.82, 2.24) is 14.8 Å². The lowest BCUT2D eigenvalue weighted by Gasteiger charge is -2.08. The van der Waals surface area contributed by atoms with Crippen LogP contribution in [0, 0.1) is 0 Å². The molecule has 1 aliphatic carbocycles. The number of thioether (sulfide) groups is 1. The van der Waals surface area contributed by atoms with Crippen LogP contribution in [0.25, 0.3) is 0 Å². The van der Waals surface area contributed by atoms with Crippen LogP contribution in [0.2, 0.25) is 0 Å². The van der Waals surface area contributed by atoms with Gasteiger partial charge in [0.15, 0.2) is 5.16 Å². The van der Waals surface area contributed by atoms with E-state index in [0.717, 1.165) is 17.5 Å². The average molecular weight is 318 g/mol. The summed E-state index contributed by atoms with van der Waals surface area (Å²) in [7, 11) is 0. The number of amides is 1. The van der Waals surface area contributed by atoms with Crippen molar-refractivity contribution in [3.8, 4) is 5.75 Å². The molecule has 7 heteroatoms. The van der Waals surface area contributed by atoms with E-state index in [0.29, 0.717) is 11.6 Å². The number of phenols is 1. The summed E-state index contributed by atoms with van der Waals surface area (Å²) >= 11 is 1.37. The maximum absolute atomic E-state index is 12.0. The van der Waals surface area contributed by atoms with E-state index in [1.54, 1.807) is 24.3 Å². The zero-order chi connectivity index (χ0) is 15.5. The largest absolute Gasteiger partial charge is 0.506 e. The van der Waals surface area contributed by atoms with Gasteiger partial charge in [0, 0.05) is 12.5 Å². The van der Waals surface area contributed by atoms with Gasteiger partial charge in [0.05, 0.1) is 11.4 Å². The topological polar surface area (TPSA) is 80.0 Å². The monoisotopic (exact) mass is 318 g/mol. The van der Waals surface area contributed by atoms with E-state index >= 15 is 0 Å². The molecule has 2 aromatic rings. The van der Waals surface area contributed by atoms with Gasteiger partial charge in [-0.2, -0.15) is 0 Å². The van der Waals surface area contributed by atoms with E-state index in [4.69, 9.17) is 0 Å². The zero-order valence-corrected chi connectivity index (χ0v) is 13.1. The predicted molar refractivity (Wildman–Crippen MR) is 85.1 cm³/mol. The van der Waals surface area contributed by atoms with Crippen molar-refractivity contribution in [2.24, 2.45) is 0 Å². The molecule has 0 atom stereocenters. The van der Waals surface area contributed by atoms with Crippen molar-refractivity contribution in [2.75, 3.05) is 11.1 Å². The molecule has 116 valence electrons. The molecular weight excluding hydrogens is 300 g/mol. The summed E-state index contributed by atoms with van der Waals surface area (Å²) in [6.07, 6.45) is 2.35. The summed E-state index contributed by atoms with van der Waals surface area (Å²) in [5.74, 6) is 1.69. The standard InChI is InChI=1S/C15H18N4O2S/c1-2-19-14(10-7-8-10)17-18-15(19)22-9-13(21)16-11-5-3-4-6-12(11)20/h3-6,10,20H,2,7-9H2,1H3,(H,16,21). The Morgan fingerprint density at radius 2 is 2.18 bits per heavy atom. The van der Waals surface area contributed by atoms with Gasteiger partial charge in [0.25, 0.3) is 0 Å². The van der Waals surface area contributed by atoms with Crippen molar-refractivity contribution in [3.05, 3.63) is 30.1 Å². The summed E-state index contributed by atoms with van der Waals surface area (Å²) in [6.45, 7) is 2.86. The molecule has 6 nitrogen and oxygen atoms in total. The van der Waals surface area contributed by atoms with Gasteiger partial charge in [0.1, 0.15) is 11.6 Å². The van der Waals surface area contributed by atoms with Gasteiger partial charge < -0.3 is 15.0 Å². The fourth-order valence-corrected chi connectivity index (χ4v) is 3.05. The number of nitrogens with one attached hydrogen (secondary N) is 1. The van der Waals surface area contributed by atoms with Crippen LogP contribution in [-0.2, 0) is 11.3 Å². The number of nitrogens with zero attached hydrogens (tertiary/aromatic N) is 3. The summed E-state index contributed by atoms with van der Waals surface area (Å²) in [6, 6.07) is 6.68. The highest BCUT2D eigenvalue weighted by molar-refractivity contribution is 7.99.